The van der Waals surface area contributed by atoms with Gasteiger partial charge in [0.05, 0.1) is 17.0 Å². The Balaban J connectivity index is 1.65. The second-order valence-electron chi connectivity index (χ2n) is 4.59. The van der Waals surface area contributed by atoms with Crippen molar-refractivity contribution in [1.82, 2.24) is 4.98 Å². The third-order valence-electron chi connectivity index (χ3n) is 2.98. The topological polar surface area (TPSA) is 78.9 Å². The fraction of sp³-hybridized carbons (Fsp3) is 0.0625. The van der Waals surface area contributed by atoms with Gasteiger partial charge >= 0.3 is 0 Å². The van der Waals surface area contributed by atoms with Gasteiger partial charge < -0.3 is 9.73 Å². The van der Waals surface area contributed by atoms with E-state index in [9.17, 15) is 4.79 Å². The molecule has 0 bridgehead atoms. The van der Waals surface area contributed by atoms with Crippen LogP contribution in [0.2, 0.25) is 5.02 Å². The summed E-state index contributed by atoms with van der Waals surface area (Å²) in [6.45, 7) is 0. The number of para-hydroxylation sites is 1. The number of nitrogens with one attached hydrogen (secondary N) is 1. The Hall–Kier alpha value is -2.49. The Labute approximate surface area is 141 Å². The SMILES string of the molecule is N#Cc1ccccc1NC(=O)CSc1nc2ccc(Cl)cc2o1. The van der Waals surface area contributed by atoms with Gasteiger partial charge in [0.1, 0.15) is 11.6 Å². The van der Waals surface area contributed by atoms with Gasteiger partial charge in [0, 0.05) is 11.1 Å². The Kier molecular flexibility index (Phi) is 4.51. The van der Waals surface area contributed by atoms with E-state index in [1.54, 1.807) is 42.5 Å². The molecule has 1 N–H and O–H groups in total. The van der Waals surface area contributed by atoms with Gasteiger partial charge in [-0.15, -0.1) is 0 Å². The van der Waals surface area contributed by atoms with Crippen molar-refractivity contribution in [3.05, 3.63) is 53.1 Å². The molecule has 0 aliphatic rings. The molecule has 2 aromatic carbocycles. The van der Waals surface area contributed by atoms with E-state index in [0.29, 0.717) is 32.6 Å². The van der Waals surface area contributed by atoms with Crippen molar-refractivity contribution in [2.24, 2.45) is 0 Å². The molecule has 114 valence electrons. The summed E-state index contributed by atoms with van der Waals surface area (Å²) < 4.78 is 5.53. The molecule has 0 aliphatic heterocycles. The van der Waals surface area contributed by atoms with Gasteiger partial charge in [-0.1, -0.05) is 35.5 Å². The van der Waals surface area contributed by atoms with Crippen molar-refractivity contribution in [2.45, 2.75) is 5.22 Å². The number of hydrogen-bond acceptors (Lipinski definition) is 5. The standard InChI is InChI=1S/C16H10ClN3O2S/c17-11-5-6-13-14(7-11)22-16(20-13)23-9-15(21)19-12-4-2-1-3-10(12)8-18/h1-7H,9H2,(H,19,21). The van der Waals surface area contributed by atoms with E-state index >= 15 is 0 Å². The zero-order valence-corrected chi connectivity index (χ0v) is 13.3. The number of carbonyl (C=O) groups is 1. The van der Waals surface area contributed by atoms with Gasteiger partial charge in [0.2, 0.25) is 5.91 Å². The van der Waals surface area contributed by atoms with E-state index in [-0.39, 0.29) is 11.7 Å². The van der Waals surface area contributed by atoms with E-state index in [4.69, 9.17) is 21.3 Å². The van der Waals surface area contributed by atoms with Crippen LogP contribution in [0.3, 0.4) is 0 Å². The first-order valence-corrected chi connectivity index (χ1v) is 8.00. The minimum absolute atomic E-state index is 0.125. The number of rotatable bonds is 4. The van der Waals surface area contributed by atoms with E-state index in [0.717, 1.165) is 0 Å². The highest BCUT2D eigenvalue weighted by Gasteiger charge is 2.11. The van der Waals surface area contributed by atoms with E-state index in [1.165, 1.54) is 11.8 Å². The Morgan fingerprint density at radius 3 is 3.00 bits per heavy atom. The molecule has 0 aliphatic carbocycles. The highest BCUT2D eigenvalue weighted by Crippen LogP contribution is 2.25. The zero-order chi connectivity index (χ0) is 16.2. The summed E-state index contributed by atoms with van der Waals surface area (Å²) in [5.41, 5.74) is 2.18. The number of aromatic nitrogens is 1. The van der Waals surface area contributed by atoms with Crippen LogP contribution in [0.5, 0.6) is 0 Å². The van der Waals surface area contributed by atoms with Gasteiger partial charge in [-0.3, -0.25) is 4.79 Å². The van der Waals surface area contributed by atoms with Crippen molar-refractivity contribution in [3.8, 4) is 6.07 Å². The summed E-state index contributed by atoms with van der Waals surface area (Å²) >= 11 is 7.07. The monoisotopic (exact) mass is 343 g/mol. The van der Waals surface area contributed by atoms with Crippen LogP contribution < -0.4 is 5.32 Å². The van der Waals surface area contributed by atoms with Crippen LogP contribution in [0, 0.1) is 11.3 Å². The second-order valence-corrected chi connectivity index (χ2v) is 5.95. The highest BCUT2D eigenvalue weighted by atomic mass is 35.5. The van der Waals surface area contributed by atoms with Crippen LogP contribution in [0.15, 0.2) is 52.1 Å². The molecule has 7 heteroatoms. The summed E-state index contributed by atoms with van der Waals surface area (Å²) in [6.07, 6.45) is 0. The van der Waals surface area contributed by atoms with Crippen molar-refractivity contribution < 1.29 is 9.21 Å². The molecule has 3 aromatic rings. The van der Waals surface area contributed by atoms with Crippen LogP contribution in [-0.2, 0) is 4.79 Å². The summed E-state index contributed by atoms with van der Waals surface area (Å²) in [5.74, 6) is -0.113. The molecule has 1 aromatic heterocycles. The molecule has 0 unspecified atom stereocenters. The first-order valence-electron chi connectivity index (χ1n) is 6.63. The summed E-state index contributed by atoms with van der Waals surface area (Å²) in [6, 6.07) is 14.0. The number of nitrogens with zero attached hydrogens (tertiary/aromatic N) is 2. The normalized spacial score (nSPS) is 10.4. The van der Waals surface area contributed by atoms with Crippen molar-refractivity contribution >= 4 is 46.1 Å². The van der Waals surface area contributed by atoms with E-state index < -0.39 is 0 Å². The number of fused-ring (bicyclic) bond motifs is 1. The Bertz CT molecular complexity index is 917. The molecule has 3 rings (SSSR count). The lowest BCUT2D eigenvalue weighted by Crippen LogP contribution is -2.14. The highest BCUT2D eigenvalue weighted by molar-refractivity contribution is 7.99. The van der Waals surface area contributed by atoms with Gasteiger partial charge in [0.25, 0.3) is 5.22 Å². The molecule has 0 spiro atoms. The molecule has 0 atom stereocenters. The number of thioether (sulfide) groups is 1. The maximum atomic E-state index is 12.0. The molecule has 0 radical (unpaired) electrons. The number of carbonyl (C=O) groups excluding carboxylic acids is 1. The number of anilines is 1. The molecule has 1 amide bonds. The van der Waals surface area contributed by atoms with Gasteiger partial charge in [-0.25, -0.2) is 4.98 Å². The van der Waals surface area contributed by atoms with Crippen molar-refractivity contribution in [2.75, 3.05) is 11.1 Å². The maximum absolute atomic E-state index is 12.0. The third kappa shape index (κ3) is 3.65. The molecule has 5 nitrogen and oxygen atoms in total. The lowest BCUT2D eigenvalue weighted by atomic mass is 10.2. The van der Waals surface area contributed by atoms with Gasteiger partial charge in [-0.05, 0) is 24.3 Å². The fourth-order valence-corrected chi connectivity index (χ4v) is 2.74. The van der Waals surface area contributed by atoms with E-state index in [2.05, 4.69) is 10.3 Å². The largest absolute Gasteiger partial charge is 0.431 e. The zero-order valence-electron chi connectivity index (χ0n) is 11.7. The summed E-state index contributed by atoms with van der Waals surface area (Å²) in [7, 11) is 0. The molecule has 1 heterocycles. The number of nitriles is 1. The molecule has 23 heavy (non-hydrogen) atoms. The minimum Gasteiger partial charge on any atom is -0.431 e. The van der Waals surface area contributed by atoms with Crippen LogP contribution in [0.4, 0.5) is 5.69 Å². The van der Waals surface area contributed by atoms with Crippen molar-refractivity contribution in [1.29, 1.82) is 5.26 Å². The molecular formula is C16H10ClN3O2S. The Morgan fingerprint density at radius 1 is 1.35 bits per heavy atom. The number of halogens is 1. The van der Waals surface area contributed by atoms with Crippen molar-refractivity contribution in [3.63, 3.8) is 0 Å². The molecular weight excluding hydrogens is 334 g/mol. The number of hydrogen-bond donors (Lipinski definition) is 1. The average molecular weight is 344 g/mol. The first-order chi connectivity index (χ1) is 11.2. The van der Waals surface area contributed by atoms with Crippen LogP contribution in [-0.4, -0.2) is 16.6 Å². The van der Waals surface area contributed by atoms with Crippen LogP contribution in [0.25, 0.3) is 11.1 Å². The quantitative estimate of drug-likeness (QED) is 0.722. The van der Waals surface area contributed by atoms with Gasteiger partial charge in [0.15, 0.2) is 5.58 Å². The average Bonchev–Trinajstić information content (AvgIpc) is 2.95. The summed E-state index contributed by atoms with van der Waals surface area (Å²) in [5, 5.41) is 12.7. The number of amides is 1. The molecule has 0 fully saturated rings. The Morgan fingerprint density at radius 2 is 2.17 bits per heavy atom. The smallest absolute Gasteiger partial charge is 0.257 e. The maximum Gasteiger partial charge on any atom is 0.257 e. The van der Waals surface area contributed by atoms with E-state index in [1.807, 2.05) is 6.07 Å². The molecule has 0 saturated heterocycles. The second kappa shape index (κ2) is 6.73. The fourth-order valence-electron chi connectivity index (χ4n) is 1.94. The predicted octanol–water partition coefficient (Wildman–Crippen LogP) is 4.08. The lowest BCUT2D eigenvalue weighted by molar-refractivity contribution is -0.113. The minimum atomic E-state index is -0.238. The third-order valence-corrected chi connectivity index (χ3v) is 4.04. The van der Waals surface area contributed by atoms with Gasteiger partial charge in [-0.2, -0.15) is 5.26 Å². The predicted molar refractivity (Wildman–Crippen MR) is 89.5 cm³/mol. The molecule has 0 saturated carbocycles. The lowest BCUT2D eigenvalue weighted by Gasteiger charge is -2.05. The van der Waals surface area contributed by atoms with Crippen LogP contribution >= 0.6 is 23.4 Å². The summed E-state index contributed by atoms with van der Waals surface area (Å²) in [4.78, 5) is 16.3. The first kappa shape index (κ1) is 15.4. The number of benzene rings is 2. The number of oxazole rings is 1. The van der Waals surface area contributed by atoms with Crippen LogP contribution in [0.1, 0.15) is 5.56 Å².